The minimum atomic E-state index is -0.892. The molecule has 0 radical (unpaired) electrons. The third kappa shape index (κ3) is 3.21. The molecule has 0 saturated carbocycles. The first-order valence-electron chi connectivity index (χ1n) is 5.33. The summed E-state index contributed by atoms with van der Waals surface area (Å²) in [4.78, 5) is 14.9. The van der Waals surface area contributed by atoms with Gasteiger partial charge in [0.25, 0.3) is 0 Å². The smallest absolute Gasteiger partial charge is 0.307 e. The zero-order valence-corrected chi connectivity index (χ0v) is 10.2. The second-order valence-corrected chi connectivity index (χ2v) is 4.15. The molecule has 0 saturated heterocycles. The first kappa shape index (κ1) is 12.4. The molecule has 0 aliphatic heterocycles. The Hall–Kier alpha value is -2.07. The number of nitrogens with one attached hydrogen (secondary N) is 1. The molecule has 0 aliphatic rings. The number of hydrogen-bond donors (Lipinski definition) is 2. The van der Waals surface area contributed by atoms with Crippen LogP contribution < -0.4 is 5.32 Å². The van der Waals surface area contributed by atoms with Crippen LogP contribution in [0.25, 0.3) is 0 Å². The van der Waals surface area contributed by atoms with Crippen LogP contribution in [0.4, 0.5) is 11.5 Å². The standard InChI is InChI=1S/C13H11ClN2O2/c14-10-4-1-5-11(8-10)16-13-9(7-12(17)18)3-2-6-15-13/h1-6,8H,7H2,(H,15,16)(H,17,18). The fourth-order valence-electron chi connectivity index (χ4n) is 1.56. The van der Waals surface area contributed by atoms with Crippen LogP contribution in [-0.4, -0.2) is 16.1 Å². The lowest BCUT2D eigenvalue weighted by molar-refractivity contribution is -0.136. The molecule has 0 bridgehead atoms. The van der Waals surface area contributed by atoms with Gasteiger partial charge >= 0.3 is 5.97 Å². The number of pyridine rings is 1. The number of anilines is 2. The molecule has 4 nitrogen and oxygen atoms in total. The van der Waals surface area contributed by atoms with Crippen LogP contribution in [0.5, 0.6) is 0 Å². The summed E-state index contributed by atoms with van der Waals surface area (Å²) in [7, 11) is 0. The normalized spacial score (nSPS) is 10.1. The zero-order valence-electron chi connectivity index (χ0n) is 9.43. The van der Waals surface area contributed by atoms with Crippen molar-refractivity contribution < 1.29 is 9.90 Å². The Balaban J connectivity index is 2.26. The van der Waals surface area contributed by atoms with E-state index in [2.05, 4.69) is 10.3 Å². The van der Waals surface area contributed by atoms with Gasteiger partial charge in [-0.3, -0.25) is 4.79 Å². The number of hydrogen-bond acceptors (Lipinski definition) is 3. The molecule has 2 aromatic rings. The third-order valence-electron chi connectivity index (χ3n) is 2.32. The zero-order chi connectivity index (χ0) is 13.0. The van der Waals surface area contributed by atoms with E-state index in [9.17, 15) is 4.79 Å². The first-order chi connectivity index (χ1) is 8.65. The molecule has 1 aromatic heterocycles. The summed E-state index contributed by atoms with van der Waals surface area (Å²) in [5.74, 6) is -0.362. The van der Waals surface area contributed by atoms with Crippen molar-refractivity contribution in [1.29, 1.82) is 0 Å². The fraction of sp³-hybridized carbons (Fsp3) is 0.0769. The highest BCUT2D eigenvalue weighted by molar-refractivity contribution is 6.30. The lowest BCUT2D eigenvalue weighted by Gasteiger charge is -2.09. The summed E-state index contributed by atoms with van der Waals surface area (Å²) >= 11 is 5.88. The number of aromatic nitrogens is 1. The van der Waals surface area contributed by atoms with Crippen molar-refractivity contribution in [3.05, 3.63) is 53.2 Å². The molecule has 92 valence electrons. The van der Waals surface area contributed by atoms with Gasteiger partial charge in [-0.05, 0) is 24.3 Å². The number of carboxylic acid groups (broad SMARTS) is 1. The van der Waals surface area contributed by atoms with Gasteiger partial charge in [0.1, 0.15) is 5.82 Å². The van der Waals surface area contributed by atoms with Gasteiger partial charge in [0.15, 0.2) is 0 Å². The van der Waals surface area contributed by atoms with Gasteiger partial charge in [-0.2, -0.15) is 0 Å². The minimum Gasteiger partial charge on any atom is -0.481 e. The first-order valence-corrected chi connectivity index (χ1v) is 5.71. The Bertz CT molecular complexity index is 572. The molecule has 0 amide bonds. The largest absolute Gasteiger partial charge is 0.481 e. The van der Waals surface area contributed by atoms with E-state index in [1.807, 2.05) is 12.1 Å². The van der Waals surface area contributed by atoms with Crippen molar-refractivity contribution in [2.24, 2.45) is 0 Å². The summed E-state index contributed by atoms with van der Waals surface area (Å²) in [6.45, 7) is 0. The summed E-state index contributed by atoms with van der Waals surface area (Å²) in [5, 5.41) is 12.5. The lowest BCUT2D eigenvalue weighted by Crippen LogP contribution is -2.05. The van der Waals surface area contributed by atoms with Crippen LogP contribution in [0, 0.1) is 0 Å². The van der Waals surface area contributed by atoms with E-state index in [1.54, 1.807) is 30.5 Å². The molecule has 0 atom stereocenters. The van der Waals surface area contributed by atoms with E-state index in [4.69, 9.17) is 16.7 Å². The number of carboxylic acids is 1. The van der Waals surface area contributed by atoms with Gasteiger partial charge in [-0.1, -0.05) is 23.7 Å². The number of benzene rings is 1. The van der Waals surface area contributed by atoms with E-state index >= 15 is 0 Å². The Kier molecular flexibility index (Phi) is 3.79. The average molecular weight is 263 g/mol. The Morgan fingerprint density at radius 2 is 2.17 bits per heavy atom. The highest BCUT2D eigenvalue weighted by Crippen LogP contribution is 2.21. The maximum atomic E-state index is 10.8. The number of halogens is 1. The van der Waals surface area contributed by atoms with Crippen molar-refractivity contribution in [2.45, 2.75) is 6.42 Å². The molecule has 5 heteroatoms. The number of rotatable bonds is 4. The van der Waals surface area contributed by atoms with Crippen molar-refractivity contribution >= 4 is 29.1 Å². The molecule has 0 aliphatic carbocycles. The highest BCUT2D eigenvalue weighted by Gasteiger charge is 2.07. The van der Waals surface area contributed by atoms with E-state index in [-0.39, 0.29) is 6.42 Å². The predicted molar refractivity (Wildman–Crippen MR) is 70.3 cm³/mol. The highest BCUT2D eigenvalue weighted by atomic mass is 35.5. The van der Waals surface area contributed by atoms with Crippen molar-refractivity contribution in [3.8, 4) is 0 Å². The summed E-state index contributed by atoms with van der Waals surface area (Å²) in [5.41, 5.74) is 1.40. The van der Waals surface area contributed by atoms with E-state index in [1.165, 1.54) is 0 Å². The molecule has 2 N–H and O–H groups in total. The van der Waals surface area contributed by atoms with Crippen LogP contribution in [0.3, 0.4) is 0 Å². The molecule has 1 aromatic carbocycles. The molecule has 2 rings (SSSR count). The second kappa shape index (κ2) is 5.51. The van der Waals surface area contributed by atoms with Crippen LogP contribution >= 0.6 is 11.6 Å². The molecule has 0 fully saturated rings. The molecular formula is C13H11ClN2O2. The van der Waals surface area contributed by atoms with E-state index in [0.717, 1.165) is 5.69 Å². The van der Waals surface area contributed by atoms with Crippen LogP contribution in [-0.2, 0) is 11.2 Å². The summed E-state index contributed by atoms with van der Waals surface area (Å²) in [6.07, 6.45) is 1.54. The van der Waals surface area contributed by atoms with Gasteiger partial charge < -0.3 is 10.4 Å². The molecular weight excluding hydrogens is 252 g/mol. The quantitative estimate of drug-likeness (QED) is 0.889. The monoisotopic (exact) mass is 262 g/mol. The summed E-state index contributed by atoms with van der Waals surface area (Å²) < 4.78 is 0. The third-order valence-corrected chi connectivity index (χ3v) is 2.56. The molecule has 1 heterocycles. The topological polar surface area (TPSA) is 62.2 Å². The van der Waals surface area contributed by atoms with Crippen molar-refractivity contribution in [3.63, 3.8) is 0 Å². The second-order valence-electron chi connectivity index (χ2n) is 3.72. The number of aliphatic carboxylic acids is 1. The lowest BCUT2D eigenvalue weighted by atomic mass is 10.2. The Labute approximate surface area is 109 Å². The number of carbonyl (C=O) groups is 1. The SMILES string of the molecule is O=C(O)Cc1cccnc1Nc1cccc(Cl)c1. The Morgan fingerprint density at radius 1 is 1.33 bits per heavy atom. The van der Waals surface area contributed by atoms with Gasteiger partial charge in [-0.25, -0.2) is 4.98 Å². The van der Waals surface area contributed by atoms with Crippen molar-refractivity contribution in [2.75, 3.05) is 5.32 Å². The summed E-state index contributed by atoms with van der Waals surface area (Å²) in [6, 6.07) is 10.6. The van der Waals surface area contributed by atoms with Gasteiger partial charge in [0.2, 0.25) is 0 Å². The minimum absolute atomic E-state index is 0.0727. The van der Waals surface area contributed by atoms with Crippen LogP contribution in [0.1, 0.15) is 5.56 Å². The molecule has 18 heavy (non-hydrogen) atoms. The maximum absolute atomic E-state index is 10.8. The van der Waals surface area contributed by atoms with E-state index in [0.29, 0.717) is 16.4 Å². The van der Waals surface area contributed by atoms with Gasteiger partial charge in [0, 0.05) is 22.5 Å². The fourth-order valence-corrected chi connectivity index (χ4v) is 1.75. The van der Waals surface area contributed by atoms with Gasteiger partial charge in [0.05, 0.1) is 6.42 Å². The average Bonchev–Trinajstić information content (AvgIpc) is 2.31. The van der Waals surface area contributed by atoms with Gasteiger partial charge in [-0.15, -0.1) is 0 Å². The number of nitrogens with zero attached hydrogens (tertiary/aromatic N) is 1. The maximum Gasteiger partial charge on any atom is 0.307 e. The molecule has 0 spiro atoms. The van der Waals surface area contributed by atoms with E-state index < -0.39 is 5.97 Å². The Morgan fingerprint density at radius 3 is 2.89 bits per heavy atom. The predicted octanol–water partition coefficient (Wildman–Crippen LogP) is 3.11. The van der Waals surface area contributed by atoms with Crippen LogP contribution in [0.15, 0.2) is 42.6 Å². The van der Waals surface area contributed by atoms with Crippen molar-refractivity contribution in [1.82, 2.24) is 4.98 Å². The molecule has 0 unspecified atom stereocenters. The van der Waals surface area contributed by atoms with Crippen LogP contribution in [0.2, 0.25) is 5.02 Å².